The third-order valence-corrected chi connectivity index (χ3v) is 7.75. The molecule has 1 heterocycles. The summed E-state index contributed by atoms with van der Waals surface area (Å²) in [4.78, 5) is 0.401. The van der Waals surface area contributed by atoms with Gasteiger partial charge in [-0.3, -0.25) is 0 Å². The van der Waals surface area contributed by atoms with Crippen LogP contribution in [-0.2, 0) is 33.0 Å². The normalized spacial score (nSPS) is 15.8. The van der Waals surface area contributed by atoms with E-state index in [1.165, 1.54) is 4.31 Å². The molecule has 0 saturated carbocycles. The van der Waals surface area contributed by atoms with Crippen LogP contribution in [0.15, 0.2) is 58.3 Å². The quantitative estimate of drug-likeness (QED) is 0.842. The minimum atomic E-state index is -3.62. The van der Waals surface area contributed by atoms with E-state index in [0.717, 1.165) is 11.1 Å². The van der Waals surface area contributed by atoms with Gasteiger partial charge in [-0.1, -0.05) is 24.3 Å². The number of fused-ring (bicyclic) bond motifs is 1. The van der Waals surface area contributed by atoms with Crippen LogP contribution in [0.2, 0.25) is 0 Å². The molecular formula is C18H22N2O4S2. The molecule has 1 aliphatic heterocycles. The van der Waals surface area contributed by atoms with Gasteiger partial charge in [0.25, 0.3) is 0 Å². The van der Waals surface area contributed by atoms with E-state index >= 15 is 0 Å². The maximum atomic E-state index is 12.8. The lowest BCUT2D eigenvalue weighted by Gasteiger charge is -2.28. The fourth-order valence-corrected chi connectivity index (χ4v) is 5.74. The summed E-state index contributed by atoms with van der Waals surface area (Å²) < 4.78 is 54.4. The van der Waals surface area contributed by atoms with Crippen molar-refractivity contribution in [2.45, 2.75) is 42.6 Å². The molecule has 0 atom stereocenters. The van der Waals surface area contributed by atoms with Crippen LogP contribution in [0.3, 0.4) is 0 Å². The summed E-state index contributed by atoms with van der Waals surface area (Å²) in [6.45, 7) is 4.05. The van der Waals surface area contributed by atoms with Crippen molar-refractivity contribution in [1.29, 1.82) is 0 Å². The van der Waals surface area contributed by atoms with Crippen LogP contribution in [0.5, 0.6) is 0 Å². The van der Waals surface area contributed by atoms with E-state index in [1.807, 2.05) is 0 Å². The second-order valence-electron chi connectivity index (χ2n) is 6.61. The first-order valence-corrected chi connectivity index (χ1v) is 11.3. The molecule has 2 aromatic rings. The zero-order valence-electron chi connectivity index (χ0n) is 14.7. The third kappa shape index (κ3) is 3.83. The van der Waals surface area contributed by atoms with E-state index in [2.05, 4.69) is 4.72 Å². The van der Waals surface area contributed by atoms with Crippen LogP contribution in [-0.4, -0.2) is 33.7 Å². The smallest absolute Gasteiger partial charge is 0.209 e. The Morgan fingerprint density at radius 3 is 2.27 bits per heavy atom. The Morgan fingerprint density at radius 1 is 0.923 bits per heavy atom. The standard InChI is InChI=1S/C18H22N2O4S2/c1-14(2)19-25(21,22)18-9-8-15-10-11-20(13-16(15)12-18)26(23,24)17-6-4-3-5-7-17/h3-9,12,14,19H,10-11,13H2,1-2H3. The molecule has 8 heteroatoms. The van der Waals surface area contributed by atoms with Crippen molar-refractivity contribution in [3.8, 4) is 0 Å². The number of hydrogen-bond donors (Lipinski definition) is 1. The Balaban J connectivity index is 1.92. The lowest BCUT2D eigenvalue weighted by atomic mass is 10.0. The summed E-state index contributed by atoms with van der Waals surface area (Å²) in [6.07, 6.45) is 0.555. The van der Waals surface area contributed by atoms with E-state index in [9.17, 15) is 16.8 Å². The van der Waals surface area contributed by atoms with Gasteiger partial charge in [0.1, 0.15) is 0 Å². The van der Waals surface area contributed by atoms with Crippen molar-refractivity contribution < 1.29 is 16.8 Å². The highest BCUT2D eigenvalue weighted by molar-refractivity contribution is 7.89. The second-order valence-corrected chi connectivity index (χ2v) is 10.3. The van der Waals surface area contributed by atoms with Gasteiger partial charge < -0.3 is 0 Å². The molecular weight excluding hydrogens is 372 g/mol. The Bertz CT molecular complexity index is 1000. The van der Waals surface area contributed by atoms with Crippen LogP contribution in [0, 0.1) is 0 Å². The van der Waals surface area contributed by atoms with Crippen molar-refractivity contribution in [3.63, 3.8) is 0 Å². The minimum Gasteiger partial charge on any atom is -0.209 e. The zero-order chi connectivity index (χ0) is 18.9. The Morgan fingerprint density at radius 2 is 1.62 bits per heavy atom. The minimum absolute atomic E-state index is 0.156. The molecule has 0 spiro atoms. The molecule has 0 saturated heterocycles. The molecule has 3 rings (SSSR count). The molecule has 0 amide bonds. The van der Waals surface area contributed by atoms with E-state index in [-0.39, 0.29) is 22.4 Å². The Hall–Kier alpha value is -1.74. The number of rotatable bonds is 5. The fourth-order valence-electron chi connectivity index (χ4n) is 3.00. The lowest BCUT2D eigenvalue weighted by molar-refractivity contribution is 0.391. The topological polar surface area (TPSA) is 83.6 Å². The first kappa shape index (κ1) is 19.0. The van der Waals surface area contributed by atoms with Gasteiger partial charge in [-0.25, -0.2) is 21.6 Å². The van der Waals surface area contributed by atoms with Gasteiger partial charge in [0, 0.05) is 19.1 Å². The van der Waals surface area contributed by atoms with Gasteiger partial charge in [-0.2, -0.15) is 4.31 Å². The predicted molar refractivity (Wildman–Crippen MR) is 99.6 cm³/mol. The van der Waals surface area contributed by atoms with E-state index < -0.39 is 20.0 Å². The average Bonchev–Trinajstić information content (AvgIpc) is 2.60. The Kier molecular flexibility index (Phi) is 5.21. The number of nitrogens with zero attached hydrogens (tertiary/aromatic N) is 1. The zero-order valence-corrected chi connectivity index (χ0v) is 16.3. The number of hydrogen-bond acceptors (Lipinski definition) is 4. The molecule has 0 unspecified atom stereocenters. The summed E-state index contributed by atoms with van der Waals surface area (Å²) in [7, 11) is -7.22. The van der Waals surface area contributed by atoms with Crippen molar-refractivity contribution in [2.24, 2.45) is 0 Å². The van der Waals surface area contributed by atoms with E-state index in [4.69, 9.17) is 0 Å². The highest BCUT2D eigenvalue weighted by Gasteiger charge is 2.29. The molecule has 6 nitrogen and oxygen atoms in total. The highest BCUT2D eigenvalue weighted by Crippen LogP contribution is 2.26. The number of nitrogens with one attached hydrogen (secondary N) is 1. The molecule has 1 aliphatic rings. The van der Waals surface area contributed by atoms with Gasteiger partial charge in [0.15, 0.2) is 0 Å². The van der Waals surface area contributed by atoms with Crippen molar-refractivity contribution in [3.05, 3.63) is 59.7 Å². The highest BCUT2D eigenvalue weighted by atomic mass is 32.2. The third-order valence-electron chi connectivity index (χ3n) is 4.24. The largest absolute Gasteiger partial charge is 0.243 e. The van der Waals surface area contributed by atoms with Gasteiger partial charge in [0.05, 0.1) is 9.79 Å². The molecule has 0 aliphatic carbocycles. The van der Waals surface area contributed by atoms with Crippen LogP contribution >= 0.6 is 0 Å². The first-order chi connectivity index (χ1) is 12.2. The first-order valence-electron chi connectivity index (χ1n) is 8.39. The summed E-state index contributed by atoms with van der Waals surface area (Å²) in [6, 6.07) is 13.0. The maximum Gasteiger partial charge on any atom is 0.243 e. The van der Waals surface area contributed by atoms with Crippen molar-refractivity contribution >= 4 is 20.0 Å². The van der Waals surface area contributed by atoms with Gasteiger partial charge in [-0.15, -0.1) is 0 Å². The molecule has 0 radical (unpaired) electrons. The van der Waals surface area contributed by atoms with Crippen LogP contribution in [0.1, 0.15) is 25.0 Å². The molecule has 0 aromatic heterocycles. The summed E-state index contributed by atoms with van der Waals surface area (Å²) >= 11 is 0. The molecule has 2 aromatic carbocycles. The molecule has 0 bridgehead atoms. The molecule has 140 valence electrons. The second kappa shape index (κ2) is 7.11. The van der Waals surface area contributed by atoms with Crippen molar-refractivity contribution in [1.82, 2.24) is 9.03 Å². The Labute approximate surface area is 155 Å². The van der Waals surface area contributed by atoms with Crippen LogP contribution < -0.4 is 4.72 Å². The van der Waals surface area contributed by atoms with Gasteiger partial charge in [-0.05, 0) is 55.7 Å². The van der Waals surface area contributed by atoms with Crippen molar-refractivity contribution in [2.75, 3.05) is 6.54 Å². The van der Waals surface area contributed by atoms with Gasteiger partial charge in [0.2, 0.25) is 20.0 Å². The predicted octanol–water partition coefficient (Wildman–Crippen LogP) is 2.12. The monoisotopic (exact) mass is 394 g/mol. The van der Waals surface area contributed by atoms with Crippen LogP contribution in [0.25, 0.3) is 0 Å². The molecule has 0 fully saturated rings. The van der Waals surface area contributed by atoms with Crippen LogP contribution in [0.4, 0.5) is 0 Å². The fraction of sp³-hybridized carbons (Fsp3) is 0.333. The maximum absolute atomic E-state index is 12.8. The average molecular weight is 395 g/mol. The van der Waals surface area contributed by atoms with E-state index in [0.29, 0.717) is 13.0 Å². The summed E-state index contributed by atoms with van der Waals surface area (Å²) in [5.74, 6) is 0. The SMILES string of the molecule is CC(C)NS(=O)(=O)c1ccc2c(c1)CN(S(=O)(=O)c1ccccc1)CC2. The number of benzene rings is 2. The lowest BCUT2D eigenvalue weighted by Crippen LogP contribution is -2.36. The van der Waals surface area contributed by atoms with Gasteiger partial charge >= 0.3 is 0 Å². The summed E-state index contributed by atoms with van der Waals surface area (Å²) in [5.41, 5.74) is 1.70. The molecule has 26 heavy (non-hydrogen) atoms. The van der Waals surface area contributed by atoms with E-state index in [1.54, 1.807) is 62.4 Å². The number of sulfonamides is 2. The molecule has 1 N–H and O–H groups in total. The summed E-state index contributed by atoms with van der Waals surface area (Å²) in [5, 5.41) is 0.